The Hall–Kier alpha value is -2.40. The molecular formula is C20H24N2O3. The largest absolute Gasteiger partial charge is 0.376 e. The van der Waals surface area contributed by atoms with Crippen molar-refractivity contribution in [3.63, 3.8) is 0 Å². The van der Waals surface area contributed by atoms with E-state index in [0.717, 1.165) is 30.6 Å². The highest BCUT2D eigenvalue weighted by molar-refractivity contribution is 5.93. The summed E-state index contributed by atoms with van der Waals surface area (Å²) in [5, 5.41) is 0. The number of rotatable bonds is 5. The number of ether oxygens (including phenoxy) is 1. The molecule has 5 heteroatoms. The number of amides is 1. The molecule has 2 heterocycles. The van der Waals surface area contributed by atoms with Gasteiger partial charge in [0, 0.05) is 26.4 Å². The molecule has 3 rings (SSSR count). The average molecular weight is 340 g/mol. The van der Waals surface area contributed by atoms with Gasteiger partial charge in [-0.15, -0.1) is 0 Å². The van der Waals surface area contributed by atoms with Crippen molar-refractivity contribution in [2.75, 3.05) is 20.2 Å². The SMILES string of the molecule is Cc1cccc(Cn2cccc(C(=O)N(C)CC3CCCO3)c2=O)c1. The lowest BCUT2D eigenvalue weighted by Gasteiger charge is -2.21. The molecule has 1 fully saturated rings. The standard InChI is InChI=1S/C20H24N2O3/c1-15-6-3-7-16(12-15)13-22-10-4-9-18(20(22)24)19(23)21(2)14-17-8-5-11-25-17/h3-4,6-7,9-10,12,17H,5,8,11,13-14H2,1-2H3. The fourth-order valence-corrected chi connectivity index (χ4v) is 3.21. The summed E-state index contributed by atoms with van der Waals surface area (Å²) in [5.41, 5.74) is 2.14. The zero-order valence-electron chi connectivity index (χ0n) is 14.8. The molecule has 1 aromatic heterocycles. The monoisotopic (exact) mass is 340 g/mol. The maximum atomic E-state index is 12.7. The summed E-state index contributed by atoms with van der Waals surface area (Å²) in [6.45, 7) is 3.75. The zero-order valence-corrected chi connectivity index (χ0v) is 14.8. The third kappa shape index (κ3) is 4.17. The third-order valence-electron chi connectivity index (χ3n) is 4.53. The fraction of sp³-hybridized carbons (Fsp3) is 0.400. The van der Waals surface area contributed by atoms with Gasteiger partial charge >= 0.3 is 0 Å². The van der Waals surface area contributed by atoms with E-state index in [2.05, 4.69) is 0 Å². The molecule has 132 valence electrons. The molecule has 0 aliphatic carbocycles. The minimum atomic E-state index is -0.256. The van der Waals surface area contributed by atoms with Gasteiger partial charge < -0.3 is 14.2 Å². The van der Waals surface area contributed by atoms with Crippen LogP contribution in [0.2, 0.25) is 0 Å². The van der Waals surface area contributed by atoms with Crippen molar-refractivity contribution in [1.29, 1.82) is 0 Å². The molecule has 0 bridgehead atoms. The summed E-state index contributed by atoms with van der Waals surface area (Å²) >= 11 is 0. The second kappa shape index (κ2) is 7.66. The Bertz CT molecular complexity index is 807. The second-order valence-corrected chi connectivity index (χ2v) is 6.66. The van der Waals surface area contributed by atoms with E-state index in [1.807, 2.05) is 31.2 Å². The Morgan fingerprint density at radius 1 is 1.32 bits per heavy atom. The molecule has 0 radical (unpaired) electrons. The number of aromatic nitrogens is 1. The Labute approximate surface area is 147 Å². The topological polar surface area (TPSA) is 51.5 Å². The molecule has 1 aliphatic rings. The molecule has 5 nitrogen and oxygen atoms in total. The van der Waals surface area contributed by atoms with Gasteiger partial charge in [-0.05, 0) is 37.5 Å². The van der Waals surface area contributed by atoms with Crippen LogP contribution in [0.1, 0.15) is 34.3 Å². The summed E-state index contributed by atoms with van der Waals surface area (Å²) < 4.78 is 7.16. The van der Waals surface area contributed by atoms with Gasteiger partial charge in [-0.2, -0.15) is 0 Å². The van der Waals surface area contributed by atoms with Gasteiger partial charge in [-0.25, -0.2) is 0 Å². The number of pyridine rings is 1. The van der Waals surface area contributed by atoms with E-state index in [1.165, 1.54) is 0 Å². The summed E-state index contributed by atoms with van der Waals surface area (Å²) in [5.74, 6) is -0.251. The predicted molar refractivity (Wildman–Crippen MR) is 96.9 cm³/mol. The Balaban J connectivity index is 1.78. The zero-order chi connectivity index (χ0) is 17.8. The number of hydrogen-bond acceptors (Lipinski definition) is 3. The first-order chi connectivity index (χ1) is 12.0. The van der Waals surface area contributed by atoms with Crippen LogP contribution in [0.3, 0.4) is 0 Å². The number of carbonyl (C=O) groups excluding carboxylic acids is 1. The molecule has 1 unspecified atom stereocenters. The van der Waals surface area contributed by atoms with Crippen LogP contribution in [0.5, 0.6) is 0 Å². The smallest absolute Gasteiger partial charge is 0.263 e. The molecule has 0 saturated carbocycles. The number of benzene rings is 1. The fourth-order valence-electron chi connectivity index (χ4n) is 3.21. The number of nitrogens with zero attached hydrogens (tertiary/aromatic N) is 2. The molecular weight excluding hydrogens is 316 g/mol. The van der Waals surface area contributed by atoms with E-state index in [9.17, 15) is 9.59 Å². The minimum Gasteiger partial charge on any atom is -0.376 e. The molecule has 1 atom stereocenters. The number of likely N-dealkylation sites (N-methyl/N-ethyl adjacent to an activating group) is 1. The van der Waals surface area contributed by atoms with Crippen LogP contribution < -0.4 is 5.56 Å². The van der Waals surface area contributed by atoms with Gasteiger partial charge in [-0.3, -0.25) is 9.59 Å². The number of carbonyl (C=O) groups is 1. The molecule has 25 heavy (non-hydrogen) atoms. The van der Waals surface area contributed by atoms with Gasteiger partial charge in [0.2, 0.25) is 0 Å². The normalized spacial score (nSPS) is 16.8. The molecule has 0 N–H and O–H groups in total. The lowest BCUT2D eigenvalue weighted by atomic mass is 10.1. The van der Waals surface area contributed by atoms with Crippen LogP contribution in [-0.4, -0.2) is 41.7 Å². The highest BCUT2D eigenvalue weighted by atomic mass is 16.5. The lowest BCUT2D eigenvalue weighted by molar-refractivity contribution is 0.0585. The molecule has 1 amide bonds. The molecule has 1 aliphatic heterocycles. The van der Waals surface area contributed by atoms with Crippen molar-refractivity contribution in [3.05, 3.63) is 69.6 Å². The van der Waals surface area contributed by atoms with Crippen LogP contribution in [0.4, 0.5) is 0 Å². The van der Waals surface area contributed by atoms with Gasteiger partial charge in [0.25, 0.3) is 11.5 Å². The number of aryl methyl sites for hydroxylation is 1. The van der Waals surface area contributed by atoms with Crippen molar-refractivity contribution >= 4 is 5.91 Å². The minimum absolute atomic E-state index is 0.0761. The Morgan fingerprint density at radius 2 is 2.16 bits per heavy atom. The lowest BCUT2D eigenvalue weighted by Crippen LogP contribution is -2.38. The van der Waals surface area contributed by atoms with Crippen molar-refractivity contribution in [2.45, 2.75) is 32.4 Å². The molecule has 1 saturated heterocycles. The average Bonchev–Trinajstić information content (AvgIpc) is 3.09. The third-order valence-corrected chi connectivity index (χ3v) is 4.53. The van der Waals surface area contributed by atoms with Crippen molar-refractivity contribution in [3.8, 4) is 0 Å². The van der Waals surface area contributed by atoms with E-state index in [4.69, 9.17) is 4.74 Å². The van der Waals surface area contributed by atoms with E-state index >= 15 is 0 Å². The van der Waals surface area contributed by atoms with E-state index in [0.29, 0.717) is 13.1 Å². The van der Waals surface area contributed by atoms with E-state index in [-0.39, 0.29) is 23.1 Å². The van der Waals surface area contributed by atoms with Crippen LogP contribution in [0, 0.1) is 6.92 Å². The molecule has 0 spiro atoms. The number of hydrogen-bond donors (Lipinski definition) is 0. The second-order valence-electron chi connectivity index (χ2n) is 6.66. The molecule has 2 aromatic rings. The van der Waals surface area contributed by atoms with Crippen LogP contribution in [0.25, 0.3) is 0 Å². The van der Waals surface area contributed by atoms with Crippen LogP contribution >= 0.6 is 0 Å². The maximum Gasteiger partial charge on any atom is 0.263 e. The first-order valence-corrected chi connectivity index (χ1v) is 8.66. The maximum absolute atomic E-state index is 12.7. The predicted octanol–water partition coefficient (Wildman–Crippen LogP) is 2.46. The summed E-state index contributed by atoms with van der Waals surface area (Å²) in [6, 6.07) is 11.4. The van der Waals surface area contributed by atoms with Crippen molar-refractivity contribution in [2.24, 2.45) is 0 Å². The van der Waals surface area contributed by atoms with Gasteiger partial charge in [-0.1, -0.05) is 29.8 Å². The van der Waals surface area contributed by atoms with Gasteiger partial charge in [0.15, 0.2) is 0 Å². The highest BCUT2D eigenvalue weighted by Gasteiger charge is 2.22. The quantitative estimate of drug-likeness (QED) is 0.840. The van der Waals surface area contributed by atoms with Gasteiger partial charge in [0.1, 0.15) is 5.56 Å². The van der Waals surface area contributed by atoms with Crippen molar-refractivity contribution < 1.29 is 9.53 Å². The summed E-state index contributed by atoms with van der Waals surface area (Å²) in [6.07, 6.45) is 3.79. The van der Waals surface area contributed by atoms with Crippen LogP contribution in [0.15, 0.2) is 47.4 Å². The van der Waals surface area contributed by atoms with E-state index < -0.39 is 0 Å². The Morgan fingerprint density at radius 3 is 2.88 bits per heavy atom. The van der Waals surface area contributed by atoms with Crippen molar-refractivity contribution in [1.82, 2.24) is 9.47 Å². The van der Waals surface area contributed by atoms with E-state index in [1.54, 1.807) is 34.8 Å². The first-order valence-electron chi connectivity index (χ1n) is 8.66. The first kappa shape index (κ1) is 17.4. The Kier molecular flexibility index (Phi) is 5.34. The van der Waals surface area contributed by atoms with Crippen LogP contribution in [-0.2, 0) is 11.3 Å². The summed E-state index contributed by atoms with van der Waals surface area (Å²) in [4.78, 5) is 27.0. The van der Waals surface area contributed by atoms with Gasteiger partial charge in [0.05, 0.1) is 12.6 Å². The molecule has 1 aromatic carbocycles. The highest BCUT2D eigenvalue weighted by Crippen LogP contribution is 2.13. The summed E-state index contributed by atoms with van der Waals surface area (Å²) in [7, 11) is 1.72.